The third-order valence-corrected chi connectivity index (χ3v) is 5.97. The first-order valence-electron chi connectivity index (χ1n) is 11.0. The number of ether oxygens (including phenoxy) is 4. The second kappa shape index (κ2) is 14.2. The number of carboxylic acids is 1. The first-order chi connectivity index (χ1) is 17.0. The minimum absolute atomic E-state index is 0.0737. The molecule has 0 heterocycles. The molecule has 7 nitrogen and oxygen atoms in total. The van der Waals surface area contributed by atoms with Gasteiger partial charge in [-0.05, 0) is 66.7 Å². The van der Waals surface area contributed by atoms with Gasteiger partial charge in [0, 0.05) is 33.1 Å². The Balaban J connectivity index is 1.74. The minimum atomic E-state index is -1.07. The molecule has 0 atom stereocenters. The molecule has 0 amide bonds. The van der Waals surface area contributed by atoms with Crippen LogP contribution in [0.5, 0.6) is 5.75 Å². The molecular weight excluding hydrogens is 582 g/mol. The molecule has 3 rings (SSSR count). The van der Waals surface area contributed by atoms with Gasteiger partial charge >= 0.3 is 5.97 Å². The van der Waals surface area contributed by atoms with Crippen LogP contribution < -0.4 is 9.64 Å². The maximum Gasteiger partial charge on any atom is 0.339 e. The van der Waals surface area contributed by atoms with E-state index in [1.54, 1.807) is 19.2 Å². The van der Waals surface area contributed by atoms with Gasteiger partial charge in [-0.1, -0.05) is 31.9 Å². The van der Waals surface area contributed by atoms with Gasteiger partial charge in [0.15, 0.2) is 0 Å². The molecule has 186 valence electrons. The van der Waals surface area contributed by atoms with Crippen LogP contribution in [0.25, 0.3) is 0 Å². The SMILES string of the molecule is COCCOCCOCCOc1ccc(N(c2ccc(Br)cc2)c2ccc(Br)cc2)cc1C(=O)O. The Morgan fingerprint density at radius 1 is 0.743 bits per heavy atom. The molecule has 0 aliphatic heterocycles. The predicted molar refractivity (Wildman–Crippen MR) is 142 cm³/mol. The molecule has 0 saturated carbocycles. The number of hydrogen-bond acceptors (Lipinski definition) is 6. The highest BCUT2D eigenvalue weighted by molar-refractivity contribution is 9.10. The van der Waals surface area contributed by atoms with Gasteiger partial charge in [0.1, 0.15) is 17.9 Å². The zero-order valence-corrected chi connectivity index (χ0v) is 22.5. The molecule has 0 bridgehead atoms. The van der Waals surface area contributed by atoms with Crippen LogP contribution in [0.2, 0.25) is 0 Å². The summed E-state index contributed by atoms with van der Waals surface area (Å²) in [5.41, 5.74) is 2.55. The number of nitrogens with zero attached hydrogens (tertiary/aromatic N) is 1. The van der Waals surface area contributed by atoms with Gasteiger partial charge in [-0.3, -0.25) is 0 Å². The number of halogens is 2. The number of carbonyl (C=O) groups is 1. The van der Waals surface area contributed by atoms with E-state index < -0.39 is 5.97 Å². The largest absolute Gasteiger partial charge is 0.490 e. The van der Waals surface area contributed by atoms with Crippen LogP contribution in [0.3, 0.4) is 0 Å². The van der Waals surface area contributed by atoms with E-state index in [-0.39, 0.29) is 17.9 Å². The van der Waals surface area contributed by atoms with Crippen molar-refractivity contribution in [2.24, 2.45) is 0 Å². The maximum atomic E-state index is 12.1. The van der Waals surface area contributed by atoms with Crippen LogP contribution in [0.15, 0.2) is 75.7 Å². The summed E-state index contributed by atoms with van der Waals surface area (Å²) in [4.78, 5) is 14.0. The molecule has 0 aromatic heterocycles. The van der Waals surface area contributed by atoms with E-state index in [2.05, 4.69) is 31.9 Å². The van der Waals surface area contributed by atoms with E-state index >= 15 is 0 Å². The number of carboxylic acid groups (broad SMARTS) is 1. The van der Waals surface area contributed by atoms with Crippen molar-refractivity contribution in [3.8, 4) is 5.75 Å². The summed E-state index contributed by atoms with van der Waals surface area (Å²) in [6, 6.07) is 20.8. The fourth-order valence-electron chi connectivity index (χ4n) is 3.25. The molecule has 3 aromatic rings. The van der Waals surface area contributed by atoms with Crippen LogP contribution in [-0.4, -0.2) is 57.8 Å². The van der Waals surface area contributed by atoms with E-state index in [1.807, 2.05) is 59.5 Å². The molecule has 0 aliphatic rings. The van der Waals surface area contributed by atoms with Gasteiger partial charge in [0.2, 0.25) is 0 Å². The summed E-state index contributed by atoms with van der Waals surface area (Å²) >= 11 is 6.94. The first kappa shape index (κ1) is 27.2. The van der Waals surface area contributed by atoms with Gasteiger partial charge in [-0.2, -0.15) is 0 Å². The fourth-order valence-corrected chi connectivity index (χ4v) is 3.78. The van der Waals surface area contributed by atoms with Crippen molar-refractivity contribution in [3.63, 3.8) is 0 Å². The van der Waals surface area contributed by atoms with E-state index in [0.29, 0.717) is 38.7 Å². The lowest BCUT2D eigenvalue weighted by Gasteiger charge is -2.26. The maximum absolute atomic E-state index is 12.1. The summed E-state index contributed by atoms with van der Waals surface area (Å²) in [6.07, 6.45) is 0. The Bertz CT molecular complexity index is 1030. The number of aromatic carboxylic acids is 1. The van der Waals surface area contributed by atoms with Crippen molar-refractivity contribution in [2.45, 2.75) is 0 Å². The fraction of sp³-hybridized carbons (Fsp3) is 0.269. The molecule has 0 spiro atoms. The Morgan fingerprint density at radius 2 is 1.23 bits per heavy atom. The highest BCUT2D eigenvalue weighted by Crippen LogP contribution is 2.37. The Hall–Kier alpha value is -2.43. The second-order valence-corrected chi connectivity index (χ2v) is 9.17. The van der Waals surface area contributed by atoms with Gasteiger partial charge in [-0.15, -0.1) is 0 Å². The third kappa shape index (κ3) is 8.33. The Kier molecular flexibility index (Phi) is 11.0. The lowest BCUT2D eigenvalue weighted by atomic mass is 10.1. The van der Waals surface area contributed by atoms with E-state index in [1.165, 1.54) is 0 Å². The summed E-state index contributed by atoms with van der Waals surface area (Å²) in [5.74, 6) is -0.784. The number of anilines is 3. The summed E-state index contributed by atoms with van der Waals surface area (Å²) < 4.78 is 23.4. The zero-order valence-electron chi connectivity index (χ0n) is 19.3. The van der Waals surface area contributed by atoms with Crippen molar-refractivity contribution in [1.82, 2.24) is 0 Å². The summed E-state index contributed by atoms with van der Waals surface area (Å²) in [5, 5.41) is 9.86. The molecule has 0 saturated heterocycles. The number of rotatable bonds is 14. The molecule has 35 heavy (non-hydrogen) atoms. The lowest BCUT2D eigenvalue weighted by molar-refractivity contribution is 0.0178. The van der Waals surface area contributed by atoms with Gasteiger partial charge < -0.3 is 29.0 Å². The number of benzene rings is 3. The zero-order chi connectivity index (χ0) is 25.0. The third-order valence-electron chi connectivity index (χ3n) is 4.91. The second-order valence-electron chi connectivity index (χ2n) is 7.34. The topological polar surface area (TPSA) is 77.5 Å². The normalized spacial score (nSPS) is 10.8. The van der Waals surface area contributed by atoms with Crippen molar-refractivity contribution < 1.29 is 28.8 Å². The number of methoxy groups -OCH3 is 1. The van der Waals surface area contributed by atoms with Gasteiger partial charge in [-0.25, -0.2) is 4.79 Å². The van der Waals surface area contributed by atoms with E-state index in [4.69, 9.17) is 18.9 Å². The Morgan fingerprint density at radius 3 is 1.74 bits per heavy atom. The lowest BCUT2D eigenvalue weighted by Crippen LogP contribution is -2.14. The molecule has 0 aliphatic carbocycles. The molecule has 9 heteroatoms. The smallest absolute Gasteiger partial charge is 0.339 e. The summed E-state index contributed by atoms with van der Waals surface area (Å²) in [6.45, 7) is 2.48. The average molecular weight is 609 g/mol. The quantitative estimate of drug-likeness (QED) is 0.211. The number of hydrogen-bond donors (Lipinski definition) is 1. The van der Waals surface area contributed by atoms with Crippen LogP contribution in [0.1, 0.15) is 10.4 Å². The minimum Gasteiger partial charge on any atom is -0.490 e. The highest BCUT2D eigenvalue weighted by atomic mass is 79.9. The average Bonchev–Trinajstić information content (AvgIpc) is 2.86. The highest BCUT2D eigenvalue weighted by Gasteiger charge is 2.18. The van der Waals surface area contributed by atoms with E-state index in [9.17, 15) is 9.90 Å². The predicted octanol–water partition coefficient (Wildman–Crippen LogP) is 6.44. The van der Waals surface area contributed by atoms with Gasteiger partial charge in [0.25, 0.3) is 0 Å². The standard InChI is InChI=1S/C26H27Br2NO6/c1-32-12-13-33-14-15-34-16-17-35-25-11-10-23(18-24(25)26(30)31)29(21-6-2-19(27)3-7-21)22-8-4-20(28)5-9-22/h2-11,18H,12-17H2,1H3,(H,30,31). The molecular formula is C26H27Br2NO6. The van der Waals surface area contributed by atoms with Crippen LogP contribution in [0.4, 0.5) is 17.1 Å². The van der Waals surface area contributed by atoms with Crippen molar-refractivity contribution in [1.29, 1.82) is 0 Å². The van der Waals surface area contributed by atoms with Gasteiger partial charge in [0.05, 0.1) is 33.0 Å². The van der Waals surface area contributed by atoms with Crippen LogP contribution in [0, 0.1) is 0 Å². The molecule has 1 N–H and O–H groups in total. The summed E-state index contributed by atoms with van der Waals surface area (Å²) in [7, 11) is 1.62. The van der Waals surface area contributed by atoms with E-state index in [0.717, 1.165) is 20.3 Å². The first-order valence-corrected chi connectivity index (χ1v) is 12.5. The van der Waals surface area contributed by atoms with Crippen LogP contribution in [-0.2, 0) is 14.2 Å². The van der Waals surface area contributed by atoms with Crippen molar-refractivity contribution in [3.05, 3.63) is 81.2 Å². The van der Waals surface area contributed by atoms with Crippen LogP contribution >= 0.6 is 31.9 Å². The molecule has 0 unspecified atom stereocenters. The van der Waals surface area contributed by atoms with Crippen molar-refractivity contribution >= 4 is 54.9 Å². The Labute approximate surface area is 221 Å². The molecule has 0 fully saturated rings. The molecule has 0 radical (unpaired) electrons. The van der Waals surface area contributed by atoms with Crippen molar-refractivity contribution in [2.75, 3.05) is 51.7 Å². The molecule has 3 aromatic carbocycles. The monoisotopic (exact) mass is 607 g/mol.